The van der Waals surface area contributed by atoms with Crippen LogP contribution in [0, 0.1) is 0 Å². The molecule has 10 nitrogen and oxygen atoms in total. The van der Waals surface area contributed by atoms with E-state index >= 15 is 0 Å². The SMILES string of the molecule is CNS(=O)(=O)c1ccccc1Nc1nc(Nc2cc(N3CCOCC3)ccc2OC)ncc1Br. The van der Waals surface area contributed by atoms with Crippen molar-refractivity contribution in [3.05, 3.63) is 53.1 Å². The maximum absolute atomic E-state index is 12.4. The molecule has 180 valence electrons. The Morgan fingerprint density at radius 3 is 2.59 bits per heavy atom. The van der Waals surface area contributed by atoms with Crippen LogP contribution >= 0.6 is 15.9 Å². The molecule has 0 radical (unpaired) electrons. The van der Waals surface area contributed by atoms with Gasteiger partial charge in [-0.05, 0) is 53.3 Å². The molecule has 0 unspecified atom stereocenters. The average molecular weight is 549 g/mol. The fourth-order valence-corrected chi connectivity index (χ4v) is 4.67. The molecule has 1 fully saturated rings. The van der Waals surface area contributed by atoms with Crippen LogP contribution in [0.1, 0.15) is 0 Å². The molecule has 1 aliphatic heterocycles. The number of sulfonamides is 1. The highest BCUT2D eigenvalue weighted by Gasteiger charge is 2.18. The van der Waals surface area contributed by atoms with Crippen LogP contribution in [0.5, 0.6) is 5.75 Å². The van der Waals surface area contributed by atoms with E-state index in [0.717, 1.165) is 18.8 Å². The van der Waals surface area contributed by atoms with E-state index in [-0.39, 0.29) is 4.90 Å². The second-order valence-corrected chi connectivity index (χ2v) is 10.0. The van der Waals surface area contributed by atoms with Crippen molar-refractivity contribution in [1.29, 1.82) is 0 Å². The maximum Gasteiger partial charge on any atom is 0.242 e. The van der Waals surface area contributed by atoms with Crippen molar-refractivity contribution in [1.82, 2.24) is 14.7 Å². The Bertz CT molecular complexity index is 1270. The van der Waals surface area contributed by atoms with Gasteiger partial charge in [0.1, 0.15) is 16.5 Å². The van der Waals surface area contributed by atoms with Gasteiger partial charge in [0.2, 0.25) is 16.0 Å². The van der Waals surface area contributed by atoms with Gasteiger partial charge in [-0.3, -0.25) is 0 Å². The first kappa shape index (κ1) is 24.2. The van der Waals surface area contributed by atoms with Gasteiger partial charge in [-0.2, -0.15) is 4.98 Å². The Morgan fingerprint density at radius 1 is 1.09 bits per heavy atom. The molecule has 4 rings (SSSR count). The molecule has 34 heavy (non-hydrogen) atoms. The predicted molar refractivity (Wildman–Crippen MR) is 135 cm³/mol. The summed E-state index contributed by atoms with van der Waals surface area (Å²) in [7, 11) is -0.693. The first-order valence-electron chi connectivity index (χ1n) is 10.5. The van der Waals surface area contributed by atoms with Crippen LogP contribution in [-0.4, -0.2) is 58.8 Å². The summed E-state index contributed by atoms with van der Waals surface area (Å²) in [5.41, 5.74) is 2.13. The maximum atomic E-state index is 12.4. The number of hydrogen-bond donors (Lipinski definition) is 3. The monoisotopic (exact) mass is 548 g/mol. The van der Waals surface area contributed by atoms with Gasteiger partial charge in [0.15, 0.2) is 0 Å². The van der Waals surface area contributed by atoms with Crippen molar-refractivity contribution < 1.29 is 17.9 Å². The summed E-state index contributed by atoms with van der Waals surface area (Å²) in [5.74, 6) is 1.36. The molecule has 0 atom stereocenters. The van der Waals surface area contributed by atoms with Gasteiger partial charge in [0.05, 0.1) is 36.2 Å². The molecular formula is C22H25BrN6O4S. The molecular weight excluding hydrogens is 524 g/mol. The Morgan fingerprint density at radius 2 is 1.85 bits per heavy atom. The average Bonchev–Trinajstić information content (AvgIpc) is 2.87. The highest BCUT2D eigenvalue weighted by molar-refractivity contribution is 9.10. The smallest absolute Gasteiger partial charge is 0.242 e. The van der Waals surface area contributed by atoms with Crippen molar-refractivity contribution in [3.63, 3.8) is 0 Å². The third-order valence-corrected chi connectivity index (χ3v) is 7.30. The minimum atomic E-state index is -3.66. The van der Waals surface area contributed by atoms with E-state index in [0.29, 0.717) is 46.6 Å². The molecule has 1 aliphatic rings. The van der Waals surface area contributed by atoms with E-state index in [1.54, 1.807) is 31.5 Å². The number of nitrogens with zero attached hydrogens (tertiary/aromatic N) is 3. The highest BCUT2D eigenvalue weighted by atomic mass is 79.9. The summed E-state index contributed by atoms with van der Waals surface area (Å²) in [6.07, 6.45) is 1.59. The second kappa shape index (κ2) is 10.6. The van der Waals surface area contributed by atoms with Crippen molar-refractivity contribution in [3.8, 4) is 5.75 Å². The normalized spacial score (nSPS) is 14.0. The minimum Gasteiger partial charge on any atom is -0.495 e. The van der Waals surface area contributed by atoms with Crippen molar-refractivity contribution in [2.45, 2.75) is 4.90 Å². The summed E-state index contributed by atoms with van der Waals surface area (Å²) < 4.78 is 38.7. The molecule has 2 heterocycles. The molecule has 3 aromatic rings. The lowest BCUT2D eigenvalue weighted by atomic mass is 10.2. The Hall–Kier alpha value is -2.93. The summed E-state index contributed by atoms with van der Waals surface area (Å²) in [6, 6.07) is 12.5. The van der Waals surface area contributed by atoms with Crippen LogP contribution in [0.2, 0.25) is 0 Å². The third kappa shape index (κ3) is 5.41. The molecule has 12 heteroatoms. The second-order valence-electron chi connectivity index (χ2n) is 7.33. The quantitative estimate of drug-likeness (QED) is 0.388. The van der Waals surface area contributed by atoms with Crippen molar-refractivity contribution >= 4 is 54.8 Å². The first-order valence-corrected chi connectivity index (χ1v) is 12.8. The Labute approximate surface area is 206 Å². The van der Waals surface area contributed by atoms with Crippen molar-refractivity contribution in [2.24, 2.45) is 0 Å². The zero-order valence-corrected chi connectivity index (χ0v) is 21.1. The lowest BCUT2D eigenvalue weighted by molar-refractivity contribution is 0.122. The number of morpholine rings is 1. The molecule has 0 aliphatic carbocycles. The standard InChI is InChI=1S/C22H25BrN6O4S/c1-24-34(30,31)20-6-4-3-5-17(20)26-21-16(23)14-25-22(28-21)27-18-13-15(7-8-19(18)32-2)29-9-11-33-12-10-29/h3-8,13-14,24H,9-12H2,1-2H3,(H2,25,26,27,28). The number of aromatic nitrogens is 2. The number of hydrogen-bond acceptors (Lipinski definition) is 9. The molecule has 0 saturated carbocycles. The number of para-hydroxylation sites is 1. The fourth-order valence-electron chi connectivity index (χ4n) is 3.49. The molecule has 1 saturated heterocycles. The molecule has 3 N–H and O–H groups in total. The Balaban J connectivity index is 1.63. The number of anilines is 5. The van der Waals surface area contributed by atoms with Crippen LogP contribution in [0.25, 0.3) is 0 Å². The molecule has 0 spiro atoms. The van der Waals surface area contributed by atoms with E-state index in [2.05, 4.69) is 46.2 Å². The number of halogens is 1. The van der Waals surface area contributed by atoms with Gasteiger partial charge < -0.3 is 25.0 Å². The van der Waals surface area contributed by atoms with E-state index in [1.807, 2.05) is 18.2 Å². The largest absolute Gasteiger partial charge is 0.495 e. The molecule has 0 amide bonds. The molecule has 2 aromatic carbocycles. The number of rotatable bonds is 8. The number of benzene rings is 2. The predicted octanol–water partition coefficient (Wildman–Crippen LogP) is 3.48. The lowest BCUT2D eigenvalue weighted by Crippen LogP contribution is -2.36. The van der Waals surface area contributed by atoms with Crippen molar-refractivity contribution in [2.75, 3.05) is 56.0 Å². The van der Waals surface area contributed by atoms with E-state index in [9.17, 15) is 8.42 Å². The van der Waals surface area contributed by atoms with Gasteiger partial charge in [-0.1, -0.05) is 12.1 Å². The topological polar surface area (TPSA) is 118 Å². The molecule has 0 bridgehead atoms. The zero-order chi connectivity index (χ0) is 24.1. The van der Waals surface area contributed by atoms with Crippen LogP contribution in [0.4, 0.5) is 28.8 Å². The van der Waals surface area contributed by atoms with Gasteiger partial charge in [0.25, 0.3) is 0 Å². The number of methoxy groups -OCH3 is 1. The number of nitrogens with one attached hydrogen (secondary N) is 3. The molecule has 1 aromatic heterocycles. The van der Waals surface area contributed by atoms with Gasteiger partial charge in [-0.15, -0.1) is 0 Å². The lowest BCUT2D eigenvalue weighted by Gasteiger charge is -2.29. The van der Waals surface area contributed by atoms with Gasteiger partial charge in [0, 0.05) is 25.0 Å². The van der Waals surface area contributed by atoms with Gasteiger partial charge >= 0.3 is 0 Å². The highest BCUT2D eigenvalue weighted by Crippen LogP contribution is 2.33. The van der Waals surface area contributed by atoms with E-state index in [4.69, 9.17) is 9.47 Å². The third-order valence-electron chi connectivity index (χ3n) is 5.25. The summed E-state index contributed by atoms with van der Waals surface area (Å²) >= 11 is 3.43. The van der Waals surface area contributed by atoms with Crippen LogP contribution in [-0.2, 0) is 14.8 Å². The van der Waals surface area contributed by atoms with E-state index < -0.39 is 10.0 Å². The van der Waals surface area contributed by atoms with Gasteiger partial charge in [-0.25, -0.2) is 18.1 Å². The summed E-state index contributed by atoms with van der Waals surface area (Å²) in [6.45, 7) is 2.99. The van der Waals surface area contributed by atoms with Crippen LogP contribution in [0.15, 0.2) is 58.0 Å². The number of ether oxygens (including phenoxy) is 2. The zero-order valence-electron chi connectivity index (χ0n) is 18.7. The Kier molecular flexibility index (Phi) is 7.51. The first-order chi connectivity index (χ1) is 16.4. The minimum absolute atomic E-state index is 0.109. The fraction of sp³-hybridized carbons (Fsp3) is 0.273. The summed E-state index contributed by atoms with van der Waals surface area (Å²) in [4.78, 5) is 11.2. The van der Waals surface area contributed by atoms with Crippen LogP contribution < -0.4 is 25.0 Å². The summed E-state index contributed by atoms with van der Waals surface area (Å²) in [5, 5.41) is 6.30. The van der Waals surface area contributed by atoms with E-state index in [1.165, 1.54) is 13.1 Å². The van der Waals surface area contributed by atoms with Crippen LogP contribution in [0.3, 0.4) is 0 Å².